The molecule has 3 N–H and O–H groups in total. The second kappa shape index (κ2) is 6.06. The predicted octanol–water partition coefficient (Wildman–Crippen LogP) is 2.48. The maximum Gasteiger partial charge on any atom is 0.230 e. The number of nitrogen functional groups attached to an aromatic ring is 1. The van der Waals surface area contributed by atoms with E-state index in [0.717, 1.165) is 25.1 Å². The number of rotatable bonds is 7. The third kappa shape index (κ3) is 3.76. The van der Waals surface area contributed by atoms with E-state index >= 15 is 0 Å². The molecule has 0 bridgehead atoms. The highest BCUT2D eigenvalue weighted by atomic mass is 16.5. The highest BCUT2D eigenvalue weighted by molar-refractivity contribution is 5.87. The van der Waals surface area contributed by atoms with Gasteiger partial charge in [-0.1, -0.05) is 12.1 Å². The minimum Gasteiger partial charge on any atom is -0.399 e. The highest BCUT2D eigenvalue weighted by Gasteiger charge is 2.43. The van der Waals surface area contributed by atoms with Crippen molar-refractivity contribution in [1.29, 1.82) is 0 Å². The summed E-state index contributed by atoms with van der Waals surface area (Å²) in [7, 11) is 1.72. The molecule has 0 atom stereocenters. The van der Waals surface area contributed by atoms with Gasteiger partial charge in [0, 0.05) is 25.9 Å². The van der Waals surface area contributed by atoms with E-state index in [1.807, 2.05) is 38.1 Å². The van der Waals surface area contributed by atoms with Crippen LogP contribution in [0.15, 0.2) is 24.3 Å². The molecule has 0 saturated heterocycles. The highest BCUT2D eigenvalue weighted by Crippen LogP contribution is 2.48. The van der Waals surface area contributed by atoms with E-state index in [1.54, 1.807) is 7.11 Å². The maximum absolute atomic E-state index is 12.5. The Morgan fingerprint density at radius 1 is 1.33 bits per heavy atom. The fraction of sp³-hybridized carbons (Fsp3) is 0.588. The lowest BCUT2D eigenvalue weighted by molar-refractivity contribution is -0.126. The van der Waals surface area contributed by atoms with Crippen molar-refractivity contribution >= 4 is 11.6 Å². The average Bonchev–Trinajstić information content (AvgIpc) is 3.23. The zero-order valence-electron chi connectivity index (χ0n) is 13.2. The van der Waals surface area contributed by atoms with Crippen LogP contribution in [0.5, 0.6) is 0 Å². The van der Waals surface area contributed by atoms with Crippen LogP contribution in [-0.2, 0) is 14.9 Å². The Kier molecular flexibility index (Phi) is 4.57. The monoisotopic (exact) mass is 290 g/mol. The fourth-order valence-corrected chi connectivity index (χ4v) is 2.53. The molecule has 4 heteroatoms. The van der Waals surface area contributed by atoms with Gasteiger partial charge < -0.3 is 15.8 Å². The molecule has 0 radical (unpaired) electrons. The van der Waals surface area contributed by atoms with E-state index in [-0.39, 0.29) is 11.3 Å². The molecular weight excluding hydrogens is 264 g/mol. The minimum atomic E-state index is -0.551. The van der Waals surface area contributed by atoms with Gasteiger partial charge in [0.2, 0.25) is 5.91 Å². The molecule has 116 valence electrons. The van der Waals surface area contributed by atoms with E-state index < -0.39 is 5.41 Å². The van der Waals surface area contributed by atoms with Gasteiger partial charge in [0.1, 0.15) is 0 Å². The molecule has 0 aliphatic heterocycles. The molecule has 4 nitrogen and oxygen atoms in total. The van der Waals surface area contributed by atoms with Gasteiger partial charge in [0.15, 0.2) is 0 Å². The number of methoxy groups -OCH3 is 1. The van der Waals surface area contributed by atoms with Crippen LogP contribution >= 0.6 is 0 Å². The van der Waals surface area contributed by atoms with Gasteiger partial charge in [0.05, 0.1) is 5.41 Å². The Morgan fingerprint density at radius 3 is 2.48 bits per heavy atom. The number of hydrogen-bond donors (Lipinski definition) is 2. The lowest BCUT2D eigenvalue weighted by Crippen LogP contribution is -2.42. The summed E-state index contributed by atoms with van der Waals surface area (Å²) in [6, 6.07) is 7.52. The third-order valence-electron chi connectivity index (χ3n) is 4.62. The van der Waals surface area contributed by atoms with Gasteiger partial charge in [-0.05, 0) is 56.2 Å². The van der Waals surface area contributed by atoms with E-state index in [4.69, 9.17) is 10.5 Å². The van der Waals surface area contributed by atoms with Crippen LogP contribution < -0.4 is 11.1 Å². The molecule has 1 saturated carbocycles. The lowest BCUT2D eigenvalue weighted by atomic mass is 9.83. The summed E-state index contributed by atoms with van der Waals surface area (Å²) >= 11 is 0. The topological polar surface area (TPSA) is 64.3 Å². The standard InChI is InChI=1S/C17H26N2O2/c1-16(2,13-4-6-14(18)7-5-13)15(20)19-12-17(8-9-17)10-11-21-3/h4-7H,8-12,18H2,1-3H3,(H,19,20). The van der Waals surface area contributed by atoms with Crippen molar-refractivity contribution in [2.75, 3.05) is 26.0 Å². The summed E-state index contributed by atoms with van der Waals surface area (Å²) in [6.45, 7) is 5.40. The Bertz CT molecular complexity index is 490. The molecule has 1 amide bonds. The number of amides is 1. The molecular formula is C17H26N2O2. The number of hydrogen-bond acceptors (Lipinski definition) is 3. The van der Waals surface area contributed by atoms with Crippen LogP contribution in [0.4, 0.5) is 5.69 Å². The molecule has 1 aliphatic carbocycles. The van der Waals surface area contributed by atoms with E-state index in [1.165, 1.54) is 12.8 Å². The SMILES string of the molecule is COCCC1(CNC(=O)C(C)(C)c2ccc(N)cc2)CC1. The van der Waals surface area contributed by atoms with Crippen molar-refractivity contribution in [3.05, 3.63) is 29.8 Å². The molecule has 0 unspecified atom stereocenters. The van der Waals surface area contributed by atoms with E-state index in [9.17, 15) is 4.79 Å². The van der Waals surface area contributed by atoms with Gasteiger partial charge in [-0.25, -0.2) is 0 Å². The number of benzene rings is 1. The molecule has 2 rings (SSSR count). The summed E-state index contributed by atoms with van der Waals surface area (Å²) in [4.78, 5) is 12.5. The predicted molar refractivity (Wildman–Crippen MR) is 85.1 cm³/mol. The van der Waals surface area contributed by atoms with Gasteiger partial charge in [0.25, 0.3) is 0 Å². The molecule has 21 heavy (non-hydrogen) atoms. The van der Waals surface area contributed by atoms with Crippen LogP contribution in [0.2, 0.25) is 0 Å². The number of nitrogens with two attached hydrogens (primary N) is 1. The lowest BCUT2D eigenvalue weighted by Gasteiger charge is -2.26. The minimum absolute atomic E-state index is 0.0657. The van der Waals surface area contributed by atoms with Crippen LogP contribution in [0.1, 0.15) is 38.7 Å². The van der Waals surface area contributed by atoms with Crippen molar-refractivity contribution in [3.63, 3.8) is 0 Å². The van der Waals surface area contributed by atoms with Crippen LogP contribution in [0.25, 0.3) is 0 Å². The van der Waals surface area contributed by atoms with Gasteiger partial charge in [-0.15, -0.1) is 0 Å². The summed E-state index contributed by atoms with van der Waals surface area (Å²) in [5, 5.41) is 3.12. The summed E-state index contributed by atoms with van der Waals surface area (Å²) in [5.41, 5.74) is 7.12. The van der Waals surface area contributed by atoms with E-state index in [0.29, 0.717) is 5.69 Å². The Hall–Kier alpha value is -1.55. The first kappa shape index (κ1) is 15.8. The molecule has 0 aromatic heterocycles. The van der Waals surface area contributed by atoms with Crippen LogP contribution in [0.3, 0.4) is 0 Å². The fourth-order valence-electron chi connectivity index (χ4n) is 2.53. The molecule has 1 aromatic rings. The first-order chi connectivity index (χ1) is 9.89. The number of nitrogens with one attached hydrogen (secondary N) is 1. The van der Waals surface area contributed by atoms with Crippen molar-refractivity contribution in [1.82, 2.24) is 5.32 Å². The van der Waals surface area contributed by atoms with Gasteiger partial charge >= 0.3 is 0 Å². The van der Waals surface area contributed by atoms with Crippen LogP contribution in [-0.4, -0.2) is 26.2 Å². The average molecular weight is 290 g/mol. The second-order valence-corrected chi connectivity index (χ2v) is 6.67. The van der Waals surface area contributed by atoms with Crippen LogP contribution in [0, 0.1) is 5.41 Å². The van der Waals surface area contributed by atoms with Crippen molar-refractivity contribution in [2.45, 2.75) is 38.5 Å². The van der Waals surface area contributed by atoms with Crippen molar-refractivity contribution in [3.8, 4) is 0 Å². The Labute approximate surface area is 127 Å². The van der Waals surface area contributed by atoms with Gasteiger partial charge in [-0.2, -0.15) is 0 Å². The number of carbonyl (C=O) groups excluding carboxylic acids is 1. The number of anilines is 1. The molecule has 0 spiro atoms. The Balaban J connectivity index is 1.94. The van der Waals surface area contributed by atoms with E-state index in [2.05, 4.69) is 5.32 Å². The summed E-state index contributed by atoms with van der Waals surface area (Å²) in [5.74, 6) is 0.0657. The molecule has 1 fully saturated rings. The summed E-state index contributed by atoms with van der Waals surface area (Å²) in [6.07, 6.45) is 3.38. The number of ether oxygens (including phenoxy) is 1. The van der Waals surface area contributed by atoms with Gasteiger partial charge in [-0.3, -0.25) is 4.79 Å². The molecule has 1 aromatic carbocycles. The first-order valence-electron chi connectivity index (χ1n) is 7.53. The van der Waals surface area contributed by atoms with Crippen molar-refractivity contribution in [2.24, 2.45) is 5.41 Å². The quantitative estimate of drug-likeness (QED) is 0.758. The molecule has 1 aliphatic rings. The number of carbonyl (C=O) groups is 1. The third-order valence-corrected chi connectivity index (χ3v) is 4.62. The smallest absolute Gasteiger partial charge is 0.230 e. The largest absolute Gasteiger partial charge is 0.399 e. The zero-order valence-corrected chi connectivity index (χ0v) is 13.2. The Morgan fingerprint density at radius 2 is 1.95 bits per heavy atom. The zero-order chi connectivity index (χ0) is 15.5. The normalized spacial score (nSPS) is 16.5. The second-order valence-electron chi connectivity index (χ2n) is 6.67. The van der Waals surface area contributed by atoms with Crippen molar-refractivity contribution < 1.29 is 9.53 Å². The first-order valence-corrected chi connectivity index (χ1v) is 7.53. The maximum atomic E-state index is 12.5. The molecule has 0 heterocycles. The summed E-state index contributed by atoms with van der Waals surface area (Å²) < 4.78 is 5.15.